The molecule has 14 heavy (non-hydrogen) atoms. The first-order valence-corrected chi connectivity index (χ1v) is 5.67. The van der Waals surface area contributed by atoms with E-state index in [-0.39, 0.29) is 12.1 Å². The maximum absolute atomic E-state index is 9.25. The maximum atomic E-state index is 9.25. The molecule has 0 amide bonds. The Kier molecular flexibility index (Phi) is 4.85. The van der Waals surface area contributed by atoms with Gasteiger partial charge in [-0.15, -0.1) is 0 Å². The van der Waals surface area contributed by atoms with Crippen LogP contribution in [0.25, 0.3) is 0 Å². The van der Waals surface area contributed by atoms with Crippen LogP contribution >= 0.6 is 0 Å². The molecule has 1 unspecified atom stereocenters. The quantitative estimate of drug-likeness (QED) is 0.681. The molecule has 0 aromatic rings. The summed E-state index contributed by atoms with van der Waals surface area (Å²) in [6.45, 7) is 5.66. The molecule has 1 fully saturated rings. The Morgan fingerprint density at radius 1 is 1.43 bits per heavy atom. The van der Waals surface area contributed by atoms with Crippen molar-refractivity contribution in [3.05, 3.63) is 0 Å². The van der Waals surface area contributed by atoms with Crippen molar-refractivity contribution in [3.8, 4) is 0 Å². The van der Waals surface area contributed by atoms with E-state index in [1.165, 1.54) is 25.7 Å². The molecular formula is C11H23NO2. The third kappa shape index (κ3) is 3.56. The Morgan fingerprint density at radius 3 is 2.57 bits per heavy atom. The maximum Gasteiger partial charge on any atom is 0.0671 e. The summed E-state index contributed by atoms with van der Waals surface area (Å²) in [5.74, 6) is 0. The SMILES string of the molecule is CCNC(C)(CO)COC1CCCC1. The van der Waals surface area contributed by atoms with E-state index in [9.17, 15) is 5.11 Å². The summed E-state index contributed by atoms with van der Waals surface area (Å²) < 4.78 is 5.79. The molecule has 0 heterocycles. The van der Waals surface area contributed by atoms with Crippen LogP contribution in [-0.4, -0.2) is 36.5 Å². The number of ether oxygens (including phenoxy) is 1. The lowest BCUT2D eigenvalue weighted by Crippen LogP contribution is -2.50. The molecule has 1 aliphatic rings. The predicted molar refractivity (Wildman–Crippen MR) is 57.4 cm³/mol. The van der Waals surface area contributed by atoms with Crippen molar-refractivity contribution >= 4 is 0 Å². The van der Waals surface area contributed by atoms with Crippen molar-refractivity contribution < 1.29 is 9.84 Å². The van der Waals surface area contributed by atoms with Crippen molar-refractivity contribution in [1.82, 2.24) is 5.32 Å². The van der Waals surface area contributed by atoms with Gasteiger partial charge in [0.2, 0.25) is 0 Å². The van der Waals surface area contributed by atoms with Gasteiger partial charge in [-0.1, -0.05) is 19.8 Å². The van der Waals surface area contributed by atoms with E-state index in [4.69, 9.17) is 4.74 Å². The molecule has 0 spiro atoms. The molecule has 0 aromatic carbocycles. The summed E-state index contributed by atoms with van der Waals surface area (Å²) in [7, 11) is 0. The Labute approximate surface area is 86.8 Å². The lowest BCUT2D eigenvalue weighted by Gasteiger charge is -2.29. The molecule has 2 N–H and O–H groups in total. The Hall–Kier alpha value is -0.120. The van der Waals surface area contributed by atoms with Gasteiger partial charge >= 0.3 is 0 Å². The number of likely N-dealkylation sites (N-methyl/N-ethyl adjacent to an activating group) is 1. The lowest BCUT2D eigenvalue weighted by molar-refractivity contribution is 0.000215. The summed E-state index contributed by atoms with van der Waals surface area (Å²) in [4.78, 5) is 0. The van der Waals surface area contributed by atoms with Crippen molar-refractivity contribution in [2.24, 2.45) is 0 Å². The fourth-order valence-electron chi connectivity index (χ4n) is 1.94. The Bertz CT molecular complexity index is 157. The molecule has 1 atom stereocenters. The van der Waals surface area contributed by atoms with Crippen LogP contribution in [-0.2, 0) is 4.74 Å². The van der Waals surface area contributed by atoms with Crippen molar-refractivity contribution in [1.29, 1.82) is 0 Å². The second-order valence-electron chi connectivity index (χ2n) is 4.47. The summed E-state index contributed by atoms with van der Waals surface area (Å²) in [6, 6.07) is 0. The minimum Gasteiger partial charge on any atom is -0.394 e. The number of hydrogen-bond donors (Lipinski definition) is 2. The van der Waals surface area contributed by atoms with Gasteiger partial charge in [0, 0.05) is 0 Å². The molecule has 84 valence electrons. The van der Waals surface area contributed by atoms with E-state index in [2.05, 4.69) is 5.32 Å². The Balaban J connectivity index is 2.25. The average Bonchev–Trinajstić information content (AvgIpc) is 2.68. The zero-order chi connectivity index (χ0) is 10.4. The summed E-state index contributed by atoms with van der Waals surface area (Å²) >= 11 is 0. The fraction of sp³-hybridized carbons (Fsp3) is 1.00. The van der Waals surface area contributed by atoms with E-state index in [0.717, 1.165) is 6.54 Å². The van der Waals surface area contributed by atoms with Crippen LogP contribution in [0.3, 0.4) is 0 Å². The van der Waals surface area contributed by atoms with Crippen LogP contribution in [0.4, 0.5) is 0 Å². The normalized spacial score (nSPS) is 22.5. The van der Waals surface area contributed by atoms with Crippen molar-refractivity contribution in [2.45, 2.75) is 51.2 Å². The van der Waals surface area contributed by atoms with Crippen molar-refractivity contribution in [2.75, 3.05) is 19.8 Å². The first-order valence-electron chi connectivity index (χ1n) is 5.67. The molecule has 0 saturated heterocycles. The minimum absolute atomic E-state index is 0.133. The minimum atomic E-state index is -0.267. The van der Waals surface area contributed by atoms with Gasteiger partial charge in [-0.3, -0.25) is 0 Å². The highest BCUT2D eigenvalue weighted by Gasteiger charge is 2.25. The van der Waals surface area contributed by atoms with Crippen LogP contribution < -0.4 is 5.32 Å². The van der Waals surface area contributed by atoms with E-state index < -0.39 is 0 Å². The van der Waals surface area contributed by atoms with E-state index in [1.807, 2.05) is 13.8 Å². The molecule has 3 heteroatoms. The zero-order valence-electron chi connectivity index (χ0n) is 9.38. The molecule has 0 aliphatic heterocycles. The van der Waals surface area contributed by atoms with E-state index >= 15 is 0 Å². The molecule has 1 aliphatic carbocycles. The van der Waals surface area contributed by atoms with Gasteiger partial charge in [-0.25, -0.2) is 0 Å². The summed E-state index contributed by atoms with van der Waals surface area (Å²) in [5.41, 5.74) is -0.267. The van der Waals surface area contributed by atoms with Gasteiger partial charge in [0.1, 0.15) is 0 Å². The van der Waals surface area contributed by atoms with E-state index in [1.54, 1.807) is 0 Å². The number of aliphatic hydroxyl groups is 1. The van der Waals surface area contributed by atoms with E-state index in [0.29, 0.717) is 12.7 Å². The Morgan fingerprint density at radius 2 is 2.07 bits per heavy atom. The highest BCUT2D eigenvalue weighted by molar-refractivity contribution is 4.82. The number of rotatable bonds is 6. The molecule has 1 rings (SSSR count). The topological polar surface area (TPSA) is 41.5 Å². The number of aliphatic hydroxyl groups excluding tert-OH is 1. The molecule has 1 saturated carbocycles. The summed E-state index contributed by atoms with van der Waals surface area (Å²) in [6.07, 6.45) is 5.39. The first kappa shape index (κ1) is 12.0. The molecule has 0 aromatic heterocycles. The lowest BCUT2D eigenvalue weighted by atomic mass is 10.1. The van der Waals surface area contributed by atoms with Gasteiger partial charge in [0.15, 0.2) is 0 Å². The monoisotopic (exact) mass is 201 g/mol. The van der Waals surface area contributed by atoms with Crippen molar-refractivity contribution in [3.63, 3.8) is 0 Å². The van der Waals surface area contributed by atoms with Gasteiger partial charge in [0.25, 0.3) is 0 Å². The molecule has 0 radical (unpaired) electrons. The standard InChI is InChI=1S/C11H23NO2/c1-3-12-11(2,8-13)9-14-10-6-4-5-7-10/h10,12-13H,3-9H2,1-2H3. The first-order chi connectivity index (χ1) is 6.70. The van der Waals surface area contributed by atoms with Gasteiger partial charge in [-0.05, 0) is 26.3 Å². The van der Waals surface area contributed by atoms with Crippen LogP contribution in [0.2, 0.25) is 0 Å². The van der Waals surface area contributed by atoms with Crippen LogP contribution in [0.5, 0.6) is 0 Å². The second kappa shape index (κ2) is 5.69. The number of hydrogen-bond acceptors (Lipinski definition) is 3. The largest absolute Gasteiger partial charge is 0.394 e. The highest BCUT2D eigenvalue weighted by atomic mass is 16.5. The van der Waals surface area contributed by atoms with Crippen LogP contribution in [0.15, 0.2) is 0 Å². The fourth-order valence-corrected chi connectivity index (χ4v) is 1.94. The molecular weight excluding hydrogens is 178 g/mol. The number of nitrogens with one attached hydrogen (secondary N) is 1. The van der Waals surface area contributed by atoms with Gasteiger partial charge < -0.3 is 15.2 Å². The highest BCUT2D eigenvalue weighted by Crippen LogP contribution is 2.21. The molecule has 0 bridgehead atoms. The van der Waals surface area contributed by atoms with Crippen LogP contribution in [0.1, 0.15) is 39.5 Å². The smallest absolute Gasteiger partial charge is 0.0671 e. The molecule has 3 nitrogen and oxygen atoms in total. The third-order valence-electron chi connectivity index (χ3n) is 2.89. The zero-order valence-corrected chi connectivity index (χ0v) is 9.38. The predicted octanol–water partition coefficient (Wildman–Crippen LogP) is 1.31. The van der Waals surface area contributed by atoms with Gasteiger partial charge in [0.05, 0.1) is 24.9 Å². The third-order valence-corrected chi connectivity index (χ3v) is 2.89. The average molecular weight is 201 g/mol. The van der Waals surface area contributed by atoms with Gasteiger partial charge in [-0.2, -0.15) is 0 Å². The van der Waals surface area contributed by atoms with Crippen LogP contribution in [0, 0.1) is 0 Å². The summed E-state index contributed by atoms with van der Waals surface area (Å²) in [5, 5.41) is 12.5. The second-order valence-corrected chi connectivity index (χ2v) is 4.47.